The number of allylic oxidation sites excluding steroid dienone is 6. The molecule has 0 aromatic heterocycles. The Labute approximate surface area is 366 Å². The van der Waals surface area contributed by atoms with Crippen molar-refractivity contribution < 1.29 is 62.8 Å². The van der Waals surface area contributed by atoms with Crippen molar-refractivity contribution in [2.45, 2.75) is 205 Å². The molecule has 14 nitrogen and oxygen atoms in total. The van der Waals surface area contributed by atoms with Crippen LogP contribution in [-0.2, 0) is 37.5 Å². The maximum Gasteiger partial charge on any atom is 0.472 e. The number of phosphoric ester groups is 1. The average Bonchev–Trinajstić information content (AvgIpc) is 3.22. The number of hydrogen-bond acceptors (Lipinski definition) is 12. The summed E-state index contributed by atoms with van der Waals surface area (Å²) in [5.41, 5.74) is 5.32. The molecule has 0 aliphatic heterocycles. The smallest absolute Gasteiger partial charge is 0.472 e. The molecule has 0 aliphatic carbocycles. The summed E-state index contributed by atoms with van der Waals surface area (Å²) < 4.78 is 32.5. The molecular formula is C46H82NO13P. The van der Waals surface area contributed by atoms with E-state index in [1.165, 1.54) is 89.5 Å². The number of phosphoric acid groups is 1. The van der Waals surface area contributed by atoms with Gasteiger partial charge in [0.15, 0.2) is 6.10 Å². The van der Waals surface area contributed by atoms with Crippen LogP contribution in [0.25, 0.3) is 0 Å². The SMILES string of the molecule is CCCCCCCCCCCCCCCCCCCC(=O)OC[C@H](COP(=O)(O)OC[C@H](N)C(=O)O)OC(=O)CCC[C@H](O)[C@@H](O)/C=C/C=C/C=C\C=C\[C@@H](O)CCCCC. The van der Waals surface area contributed by atoms with Crippen LogP contribution in [0.3, 0.4) is 0 Å². The number of aliphatic hydroxyl groups is 3. The zero-order valence-electron chi connectivity index (χ0n) is 37.3. The normalized spacial score (nSPS) is 15.7. The van der Waals surface area contributed by atoms with E-state index in [0.717, 1.165) is 44.9 Å². The lowest BCUT2D eigenvalue weighted by Gasteiger charge is -2.20. The zero-order valence-corrected chi connectivity index (χ0v) is 38.2. The van der Waals surface area contributed by atoms with Gasteiger partial charge in [-0.1, -0.05) is 184 Å². The molecule has 0 aromatic rings. The number of carbonyl (C=O) groups is 3. The molecule has 15 heteroatoms. The van der Waals surface area contributed by atoms with Crippen LogP contribution in [0.1, 0.15) is 174 Å². The first-order chi connectivity index (χ1) is 29.3. The lowest BCUT2D eigenvalue weighted by molar-refractivity contribution is -0.161. The molecule has 0 amide bonds. The number of nitrogens with two attached hydrogens (primary N) is 1. The molecule has 6 atom stereocenters. The van der Waals surface area contributed by atoms with Crippen LogP contribution in [0.5, 0.6) is 0 Å². The number of aliphatic hydroxyl groups excluding tert-OH is 3. The second-order valence-corrected chi connectivity index (χ2v) is 17.2. The predicted octanol–water partition coefficient (Wildman–Crippen LogP) is 9.09. The van der Waals surface area contributed by atoms with Crippen LogP contribution >= 0.6 is 7.82 Å². The summed E-state index contributed by atoms with van der Waals surface area (Å²) in [7, 11) is -4.82. The third-order valence-electron chi connectivity index (χ3n) is 9.95. The van der Waals surface area contributed by atoms with Gasteiger partial charge >= 0.3 is 25.7 Å². The molecule has 0 saturated carbocycles. The molecule has 0 heterocycles. The van der Waals surface area contributed by atoms with E-state index in [1.54, 1.807) is 42.5 Å². The minimum Gasteiger partial charge on any atom is -0.480 e. The maximum absolute atomic E-state index is 12.7. The summed E-state index contributed by atoms with van der Waals surface area (Å²) in [6, 6.07) is -1.58. The quantitative estimate of drug-likeness (QED) is 0.0145. The number of rotatable bonds is 42. The third kappa shape index (κ3) is 38.7. The van der Waals surface area contributed by atoms with Crippen molar-refractivity contribution in [3.8, 4) is 0 Å². The van der Waals surface area contributed by atoms with E-state index in [9.17, 15) is 39.2 Å². The van der Waals surface area contributed by atoms with Gasteiger partial charge in [-0.2, -0.15) is 0 Å². The first kappa shape index (κ1) is 58.3. The van der Waals surface area contributed by atoms with Gasteiger partial charge in [-0.25, -0.2) is 4.57 Å². The van der Waals surface area contributed by atoms with Crippen molar-refractivity contribution in [2.24, 2.45) is 5.73 Å². The highest BCUT2D eigenvalue weighted by molar-refractivity contribution is 7.47. The fraction of sp³-hybridized carbons (Fsp3) is 0.761. The standard InChI is InChI=1S/C46H82NO13P/c1-3-5-7-8-9-10-11-12-13-14-15-16-17-18-19-24-28-34-44(51)57-36-40(37-58-61(55,56)59-38-41(47)46(53)54)60-45(52)35-29-33-43(50)42(49)32-27-23-21-20-22-26-31-39(48)30-25-6-4-2/h20-23,26-27,31-32,39-43,48-50H,3-19,24-25,28-30,33-38,47H2,1-2H3,(H,53,54)(H,55,56)/b22-20-,23-21+,31-26+,32-27+/t39-,40+,41-,42-,43-/m0/s1. The Morgan fingerprint density at radius 1 is 0.574 bits per heavy atom. The molecule has 0 rings (SSSR count). The average molecular weight is 888 g/mol. The monoisotopic (exact) mass is 888 g/mol. The number of carboxylic acid groups (broad SMARTS) is 1. The van der Waals surface area contributed by atoms with Gasteiger partial charge < -0.3 is 40.5 Å². The molecule has 1 unspecified atom stereocenters. The summed E-state index contributed by atoms with van der Waals surface area (Å²) in [6.07, 6.45) is 34.0. The van der Waals surface area contributed by atoms with Gasteiger partial charge in [0, 0.05) is 12.8 Å². The van der Waals surface area contributed by atoms with E-state index in [4.69, 9.17) is 24.8 Å². The Morgan fingerprint density at radius 3 is 1.57 bits per heavy atom. The Hall–Kier alpha value is -2.68. The van der Waals surface area contributed by atoms with Crippen molar-refractivity contribution in [3.05, 3.63) is 48.6 Å². The lowest BCUT2D eigenvalue weighted by Crippen LogP contribution is -2.34. The molecule has 0 aliphatic rings. The van der Waals surface area contributed by atoms with E-state index in [2.05, 4.69) is 18.4 Å². The van der Waals surface area contributed by atoms with Crippen LogP contribution in [0, 0.1) is 0 Å². The number of ether oxygens (including phenoxy) is 2. The van der Waals surface area contributed by atoms with Crippen LogP contribution in [0.15, 0.2) is 48.6 Å². The molecule has 0 bridgehead atoms. The molecule has 0 saturated heterocycles. The Balaban J connectivity index is 4.64. The number of unbranched alkanes of at least 4 members (excludes halogenated alkanes) is 18. The zero-order chi connectivity index (χ0) is 45.4. The molecule has 61 heavy (non-hydrogen) atoms. The van der Waals surface area contributed by atoms with E-state index < -0.39 is 76.0 Å². The molecule has 7 N–H and O–H groups in total. The number of esters is 2. The minimum absolute atomic E-state index is 0.0502. The number of aliphatic carboxylic acids is 1. The Kier molecular flexibility index (Phi) is 38.4. The van der Waals surface area contributed by atoms with Crippen molar-refractivity contribution >= 4 is 25.7 Å². The first-order valence-corrected chi connectivity index (χ1v) is 24.5. The van der Waals surface area contributed by atoms with Crippen LogP contribution in [0.2, 0.25) is 0 Å². The van der Waals surface area contributed by atoms with E-state index in [1.807, 2.05) is 0 Å². The van der Waals surface area contributed by atoms with Crippen LogP contribution < -0.4 is 5.73 Å². The fourth-order valence-corrected chi connectivity index (χ4v) is 6.93. The second-order valence-electron chi connectivity index (χ2n) is 15.8. The van der Waals surface area contributed by atoms with Gasteiger partial charge in [0.25, 0.3) is 0 Å². The lowest BCUT2D eigenvalue weighted by atomic mass is 10.0. The Bertz CT molecular complexity index is 1270. The van der Waals surface area contributed by atoms with Crippen LogP contribution in [0.4, 0.5) is 0 Å². The molecule has 0 spiro atoms. The van der Waals surface area contributed by atoms with E-state index >= 15 is 0 Å². The van der Waals surface area contributed by atoms with Crippen LogP contribution in [-0.4, -0.2) is 93.5 Å². The van der Waals surface area contributed by atoms with E-state index in [-0.39, 0.29) is 25.7 Å². The largest absolute Gasteiger partial charge is 0.480 e. The summed E-state index contributed by atoms with van der Waals surface area (Å²) in [5.74, 6) is -2.75. The fourth-order valence-electron chi connectivity index (χ4n) is 6.15. The highest BCUT2D eigenvalue weighted by Crippen LogP contribution is 2.43. The molecule has 0 aromatic carbocycles. The van der Waals surface area contributed by atoms with Gasteiger partial charge in [0.2, 0.25) is 0 Å². The number of carboxylic acids is 1. The maximum atomic E-state index is 12.7. The predicted molar refractivity (Wildman–Crippen MR) is 240 cm³/mol. The van der Waals surface area contributed by atoms with E-state index in [0.29, 0.717) is 6.42 Å². The number of hydrogen-bond donors (Lipinski definition) is 6. The molecule has 0 radical (unpaired) electrons. The number of carbonyl (C=O) groups excluding carboxylic acids is 2. The van der Waals surface area contributed by atoms with Crippen molar-refractivity contribution in [1.29, 1.82) is 0 Å². The highest BCUT2D eigenvalue weighted by Gasteiger charge is 2.28. The van der Waals surface area contributed by atoms with Crippen molar-refractivity contribution in [1.82, 2.24) is 0 Å². The molecular weight excluding hydrogens is 805 g/mol. The van der Waals surface area contributed by atoms with Gasteiger partial charge in [-0.15, -0.1) is 0 Å². The summed E-state index contributed by atoms with van der Waals surface area (Å²) in [5, 5.41) is 39.4. The second kappa shape index (κ2) is 40.1. The molecule has 0 fully saturated rings. The molecule has 354 valence electrons. The van der Waals surface area contributed by atoms with Gasteiger partial charge in [-0.3, -0.25) is 23.4 Å². The van der Waals surface area contributed by atoms with Crippen molar-refractivity contribution in [3.63, 3.8) is 0 Å². The van der Waals surface area contributed by atoms with Gasteiger partial charge in [0.05, 0.1) is 31.5 Å². The summed E-state index contributed by atoms with van der Waals surface area (Å²) in [6.45, 7) is 2.36. The van der Waals surface area contributed by atoms with Gasteiger partial charge in [0.1, 0.15) is 12.6 Å². The third-order valence-corrected chi connectivity index (χ3v) is 10.9. The minimum atomic E-state index is -4.82. The topological polar surface area (TPSA) is 232 Å². The Morgan fingerprint density at radius 2 is 1.03 bits per heavy atom. The summed E-state index contributed by atoms with van der Waals surface area (Å²) in [4.78, 5) is 46.1. The highest BCUT2D eigenvalue weighted by atomic mass is 31.2. The first-order valence-electron chi connectivity index (χ1n) is 23.0. The van der Waals surface area contributed by atoms with Crippen molar-refractivity contribution in [2.75, 3.05) is 19.8 Å². The summed E-state index contributed by atoms with van der Waals surface area (Å²) >= 11 is 0. The van der Waals surface area contributed by atoms with Gasteiger partial charge in [-0.05, 0) is 25.7 Å².